The molecule has 0 amide bonds. The second kappa shape index (κ2) is 5.41. The van der Waals surface area contributed by atoms with Gasteiger partial charge in [0.05, 0.1) is 6.04 Å². The normalized spacial score (nSPS) is 25.7. The Kier molecular flexibility index (Phi) is 4.08. The number of nitrogens with zero attached hydrogens (tertiary/aromatic N) is 1. The number of likely N-dealkylation sites (tertiary alicyclic amines) is 1. The van der Waals surface area contributed by atoms with E-state index in [2.05, 4.69) is 50.8 Å². The largest absolute Gasteiger partial charge is 0.326 e. The summed E-state index contributed by atoms with van der Waals surface area (Å²) in [5.74, 6) is 0. The highest BCUT2D eigenvalue weighted by molar-refractivity contribution is 5.32. The van der Waals surface area contributed by atoms with Gasteiger partial charge in [0, 0.05) is 12.1 Å². The van der Waals surface area contributed by atoms with E-state index in [0.29, 0.717) is 12.1 Å². The van der Waals surface area contributed by atoms with Crippen LogP contribution >= 0.6 is 0 Å². The number of nitrogens with two attached hydrogens (primary N) is 1. The lowest BCUT2D eigenvalue weighted by Gasteiger charge is -2.42. The van der Waals surface area contributed by atoms with Gasteiger partial charge in [0.1, 0.15) is 0 Å². The lowest BCUT2D eigenvalue weighted by atomic mass is 9.88. The highest BCUT2D eigenvalue weighted by Crippen LogP contribution is 2.32. The van der Waals surface area contributed by atoms with Crippen molar-refractivity contribution < 1.29 is 0 Å². The van der Waals surface area contributed by atoms with E-state index >= 15 is 0 Å². The number of aryl methyl sites for hydroxylation is 2. The molecule has 0 saturated carbocycles. The fourth-order valence-electron chi connectivity index (χ4n) is 3.02. The van der Waals surface area contributed by atoms with Crippen LogP contribution in [-0.4, -0.2) is 23.5 Å². The SMILES string of the molecule is Cc1ccc(C2C(N)CCCN2C(C)C)cc1C. The van der Waals surface area contributed by atoms with Crippen LogP contribution in [0.15, 0.2) is 18.2 Å². The fraction of sp³-hybridized carbons (Fsp3) is 0.625. The standard InChI is InChI=1S/C16H26N2/c1-11(2)18-9-5-6-15(17)16(18)14-8-7-12(3)13(4)10-14/h7-8,10-11,15-16H,5-6,9,17H2,1-4H3. The highest BCUT2D eigenvalue weighted by Gasteiger charge is 2.31. The maximum Gasteiger partial charge on any atom is 0.0501 e. The molecule has 2 N–H and O–H groups in total. The number of piperidine rings is 1. The van der Waals surface area contributed by atoms with Crippen LogP contribution in [0.3, 0.4) is 0 Å². The number of rotatable bonds is 2. The van der Waals surface area contributed by atoms with Gasteiger partial charge < -0.3 is 5.73 Å². The van der Waals surface area contributed by atoms with Crippen LogP contribution in [0.2, 0.25) is 0 Å². The summed E-state index contributed by atoms with van der Waals surface area (Å²) in [4.78, 5) is 2.55. The van der Waals surface area contributed by atoms with E-state index in [1.54, 1.807) is 0 Å². The third kappa shape index (κ3) is 2.60. The van der Waals surface area contributed by atoms with Crippen molar-refractivity contribution in [2.24, 2.45) is 5.73 Å². The summed E-state index contributed by atoms with van der Waals surface area (Å²) in [6, 6.07) is 8.02. The predicted octanol–water partition coefficient (Wildman–Crippen LogP) is 3.18. The summed E-state index contributed by atoms with van der Waals surface area (Å²) >= 11 is 0. The molecule has 1 aromatic rings. The highest BCUT2D eigenvalue weighted by atomic mass is 15.2. The minimum Gasteiger partial charge on any atom is -0.326 e. The maximum atomic E-state index is 6.39. The van der Waals surface area contributed by atoms with E-state index in [4.69, 9.17) is 5.73 Å². The monoisotopic (exact) mass is 246 g/mol. The summed E-state index contributed by atoms with van der Waals surface area (Å²) in [6.45, 7) is 10.1. The van der Waals surface area contributed by atoms with E-state index in [-0.39, 0.29) is 6.04 Å². The average molecular weight is 246 g/mol. The summed E-state index contributed by atoms with van der Waals surface area (Å²) < 4.78 is 0. The summed E-state index contributed by atoms with van der Waals surface area (Å²) in [5.41, 5.74) is 10.5. The van der Waals surface area contributed by atoms with Crippen molar-refractivity contribution >= 4 is 0 Å². The van der Waals surface area contributed by atoms with Crippen LogP contribution in [0.5, 0.6) is 0 Å². The first-order valence-corrected chi connectivity index (χ1v) is 7.09. The zero-order valence-electron chi connectivity index (χ0n) is 12.1. The molecule has 2 heteroatoms. The van der Waals surface area contributed by atoms with E-state index < -0.39 is 0 Å². The molecule has 2 atom stereocenters. The second-order valence-corrected chi connectivity index (χ2v) is 5.93. The average Bonchev–Trinajstić information content (AvgIpc) is 2.32. The molecule has 0 spiro atoms. The van der Waals surface area contributed by atoms with Gasteiger partial charge in [0.2, 0.25) is 0 Å². The van der Waals surface area contributed by atoms with Crippen LogP contribution in [0.1, 0.15) is 49.4 Å². The van der Waals surface area contributed by atoms with Crippen molar-refractivity contribution in [1.82, 2.24) is 4.90 Å². The molecule has 0 aromatic heterocycles. The van der Waals surface area contributed by atoms with Gasteiger partial charge in [-0.25, -0.2) is 0 Å². The molecule has 1 aliphatic heterocycles. The van der Waals surface area contributed by atoms with Crippen molar-refractivity contribution in [2.45, 2.75) is 58.7 Å². The van der Waals surface area contributed by atoms with E-state index in [0.717, 1.165) is 6.42 Å². The Balaban J connectivity index is 2.34. The Morgan fingerprint density at radius 1 is 1.22 bits per heavy atom. The van der Waals surface area contributed by atoms with Crippen molar-refractivity contribution in [3.63, 3.8) is 0 Å². The molecule has 0 radical (unpaired) electrons. The van der Waals surface area contributed by atoms with E-state index in [1.165, 1.54) is 29.7 Å². The first-order valence-electron chi connectivity index (χ1n) is 7.09. The van der Waals surface area contributed by atoms with Crippen molar-refractivity contribution in [2.75, 3.05) is 6.54 Å². The molecule has 1 aliphatic rings. The van der Waals surface area contributed by atoms with E-state index in [1.807, 2.05) is 0 Å². The Morgan fingerprint density at radius 3 is 2.56 bits per heavy atom. The quantitative estimate of drug-likeness (QED) is 0.868. The zero-order chi connectivity index (χ0) is 13.3. The van der Waals surface area contributed by atoms with Gasteiger partial charge in [-0.2, -0.15) is 0 Å². The van der Waals surface area contributed by atoms with Crippen molar-refractivity contribution in [3.8, 4) is 0 Å². The second-order valence-electron chi connectivity index (χ2n) is 5.93. The molecule has 2 unspecified atom stereocenters. The third-order valence-corrected chi connectivity index (χ3v) is 4.25. The maximum absolute atomic E-state index is 6.39. The van der Waals surface area contributed by atoms with Gasteiger partial charge in [0.15, 0.2) is 0 Å². The first kappa shape index (κ1) is 13.6. The Hall–Kier alpha value is -0.860. The summed E-state index contributed by atoms with van der Waals surface area (Å²) in [5, 5.41) is 0. The van der Waals surface area contributed by atoms with Crippen LogP contribution < -0.4 is 5.73 Å². The molecule has 100 valence electrons. The molecule has 18 heavy (non-hydrogen) atoms. The topological polar surface area (TPSA) is 29.3 Å². The summed E-state index contributed by atoms with van der Waals surface area (Å²) in [6.07, 6.45) is 2.36. The van der Waals surface area contributed by atoms with Crippen molar-refractivity contribution in [3.05, 3.63) is 34.9 Å². The van der Waals surface area contributed by atoms with Crippen LogP contribution in [0, 0.1) is 13.8 Å². The van der Waals surface area contributed by atoms with Crippen LogP contribution in [-0.2, 0) is 0 Å². The van der Waals surface area contributed by atoms with Gasteiger partial charge in [0.25, 0.3) is 0 Å². The molecule has 1 fully saturated rings. The third-order valence-electron chi connectivity index (χ3n) is 4.25. The molecular weight excluding hydrogens is 220 g/mol. The molecule has 1 aromatic carbocycles. The lowest BCUT2D eigenvalue weighted by molar-refractivity contribution is 0.0947. The lowest BCUT2D eigenvalue weighted by Crippen LogP contribution is -2.48. The molecular formula is C16H26N2. The Labute approximate surface area is 111 Å². The first-order chi connectivity index (χ1) is 8.50. The van der Waals surface area contributed by atoms with Gasteiger partial charge in [-0.15, -0.1) is 0 Å². The van der Waals surface area contributed by atoms with Gasteiger partial charge in [-0.05, 0) is 63.8 Å². The smallest absolute Gasteiger partial charge is 0.0501 e. The summed E-state index contributed by atoms with van der Waals surface area (Å²) in [7, 11) is 0. The molecule has 1 saturated heterocycles. The minimum absolute atomic E-state index is 0.267. The number of benzene rings is 1. The molecule has 0 bridgehead atoms. The minimum atomic E-state index is 0.267. The van der Waals surface area contributed by atoms with Crippen molar-refractivity contribution in [1.29, 1.82) is 0 Å². The number of hydrogen-bond acceptors (Lipinski definition) is 2. The van der Waals surface area contributed by atoms with Crippen LogP contribution in [0.25, 0.3) is 0 Å². The predicted molar refractivity (Wildman–Crippen MR) is 77.7 cm³/mol. The molecule has 2 nitrogen and oxygen atoms in total. The van der Waals surface area contributed by atoms with E-state index in [9.17, 15) is 0 Å². The Bertz CT molecular complexity index is 412. The van der Waals surface area contributed by atoms with Gasteiger partial charge in [-0.1, -0.05) is 18.2 Å². The van der Waals surface area contributed by atoms with Gasteiger partial charge in [-0.3, -0.25) is 4.90 Å². The molecule has 1 heterocycles. The zero-order valence-corrected chi connectivity index (χ0v) is 12.1. The number of hydrogen-bond donors (Lipinski definition) is 1. The van der Waals surface area contributed by atoms with Crippen LogP contribution in [0.4, 0.5) is 0 Å². The Morgan fingerprint density at radius 2 is 1.94 bits per heavy atom. The molecule has 2 rings (SSSR count). The van der Waals surface area contributed by atoms with Gasteiger partial charge >= 0.3 is 0 Å². The molecule has 0 aliphatic carbocycles. The fourth-order valence-corrected chi connectivity index (χ4v) is 3.02.